The van der Waals surface area contributed by atoms with Crippen LogP contribution in [0.3, 0.4) is 0 Å². The largest absolute Gasteiger partial charge is 0.361 e. The predicted molar refractivity (Wildman–Crippen MR) is 67.4 cm³/mol. The summed E-state index contributed by atoms with van der Waals surface area (Å²) in [6.45, 7) is 0. The molecule has 2 rings (SSSR count). The first-order chi connectivity index (χ1) is 9.16. The van der Waals surface area contributed by atoms with E-state index < -0.39 is 30.4 Å². The van der Waals surface area contributed by atoms with Crippen molar-refractivity contribution in [1.82, 2.24) is 0 Å². The van der Waals surface area contributed by atoms with E-state index in [1.807, 2.05) is 0 Å². The zero-order valence-corrected chi connectivity index (χ0v) is 11.3. The third-order valence-corrected chi connectivity index (χ3v) is 4.71. The highest BCUT2D eigenvalue weighted by Gasteiger charge is 2.36. The number of fused-ring (bicyclic) bond motifs is 1. The molecule has 0 bridgehead atoms. The van der Waals surface area contributed by atoms with E-state index in [0.717, 1.165) is 18.2 Å². The number of rotatable bonds is 2. The van der Waals surface area contributed by atoms with Gasteiger partial charge in [-0.2, -0.15) is 21.6 Å². The van der Waals surface area contributed by atoms with Crippen LogP contribution in [0.4, 0.5) is 0 Å². The van der Waals surface area contributed by atoms with Crippen molar-refractivity contribution in [3.63, 3.8) is 0 Å². The topological polar surface area (TPSA) is 145 Å². The first kappa shape index (κ1) is 14.6. The van der Waals surface area contributed by atoms with Gasteiger partial charge in [0.2, 0.25) is 0 Å². The highest BCUT2D eigenvalue weighted by Crippen LogP contribution is 2.33. The number of hydrogen-bond donors (Lipinski definition) is 2. The summed E-state index contributed by atoms with van der Waals surface area (Å²) in [7, 11) is -9.19. The molecule has 0 aromatic heterocycles. The maximum Gasteiger partial charge on any atom is 0.323 e. The summed E-state index contributed by atoms with van der Waals surface area (Å²) in [5.74, 6) is 0. The fourth-order valence-electron chi connectivity index (χ4n) is 1.98. The standard InChI is InChI=1S/C10H8N2O6S2/c11-12-7-4-5-8(19(13,14)15)6-2-1-3-9(10(6)7)20(16,17)18/h1-5,8H,(H,13,14,15)(H,16,17,18). The molecule has 0 saturated heterocycles. The molecule has 0 saturated carbocycles. The van der Waals surface area contributed by atoms with E-state index in [4.69, 9.17) is 14.6 Å². The van der Waals surface area contributed by atoms with Gasteiger partial charge in [0.05, 0.1) is 5.56 Å². The molecule has 1 aliphatic carbocycles. The zero-order valence-electron chi connectivity index (χ0n) is 9.70. The smallest absolute Gasteiger partial charge is 0.323 e. The second kappa shape index (κ2) is 4.62. The average Bonchev–Trinajstić information content (AvgIpc) is 2.34. The maximum absolute atomic E-state index is 11.3. The van der Waals surface area contributed by atoms with Gasteiger partial charge in [-0.1, -0.05) is 18.2 Å². The third kappa shape index (κ3) is 2.42. The minimum Gasteiger partial charge on any atom is -0.361 e. The van der Waals surface area contributed by atoms with E-state index in [1.54, 1.807) is 0 Å². The molecular formula is C10H8N2O6S2. The lowest BCUT2D eigenvalue weighted by atomic mass is 9.95. The summed E-state index contributed by atoms with van der Waals surface area (Å²) < 4.78 is 63.5. The molecule has 1 aliphatic rings. The summed E-state index contributed by atoms with van der Waals surface area (Å²) in [6.07, 6.45) is 2.08. The van der Waals surface area contributed by atoms with Crippen LogP contribution in [0.5, 0.6) is 0 Å². The SMILES string of the molecule is [N-]=[N+]=C1C=CC(S(=O)(=O)O)c2cccc(S(=O)(=O)O)c21. The quantitative estimate of drug-likeness (QED) is 0.460. The Morgan fingerprint density at radius 1 is 1.15 bits per heavy atom. The van der Waals surface area contributed by atoms with E-state index in [-0.39, 0.29) is 16.8 Å². The molecule has 20 heavy (non-hydrogen) atoms. The fraction of sp³-hybridized carbons (Fsp3) is 0.100. The Morgan fingerprint density at radius 2 is 1.80 bits per heavy atom. The highest BCUT2D eigenvalue weighted by molar-refractivity contribution is 7.86. The molecule has 2 N–H and O–H groups in total. The number of hydrogen-bond acceptors (Lipinski definition) is 4. The Labute approximate surface area is 114 Å². The Balaban J connectivity index is 2.92. The van der Waals surface area contributed by atoms with E-state index in [0.29, 0.717) is 0 Å². The van der Waals surface area contributed by atoms with Gasteiger partial charge in [0, 0.05) is 6.08 Å². The van der Waals surface area contributed by atoms with Gasteiger partial charge in [-0.05, 0) is 11.6 Å². The molecule has 1 unspecified atom stereocenters. The molecule has 0 heterocycles. The van der Waals surface area contributed by atoms with Crippen molar-refractivity contribution in [2.24, 2.45) is 0 Å². The summed E-state index contributed by atoms with van der Waals surface area (Å²) in [5, 5.41) is -1.51. The van der Waals surface area contributed by atoms with Crippen molar-refractivity contribution in [3.05, 3.63) is 47.0 Å². The molecule has 1 aromatic rings. The van der Waals surface area contributed by atoms with Crippen LogP contribution in [-0.2, 0) is 20.2 Å². The van der Waals surface area contributed by atoms with Crippen molar-refractivity contribution in [2.45, 2.75) is 10.1 Å². The number of benzene rings is 1. The van der Waals surface area contributed by atoms with Gasteiger partial charge in [-0.25, -0.2) is 0 Å². The lowest BCUT2D eigenvalue weighted by Gasteiger charge is -2.17. The van der Waals surface area contributed by atoms with Crippen molar-refractivity contribution in [1.29, 1.82) is 0 Å². The molecule has 8 nitrogen and oxygen atoms in total. The van der Waals surface area contributed by atoms with Gasteiger partial charge >= 0.3 is 5.71 Å². The van der Waals surface area contributed by atoms with E-state index in [1.165, 1.54) is 12.1 Å². The van der Waals surface area contributed by atoms with E-state index in [2.05, 4.69) is 4.79 Å². The van der Waals surface area contributed by atoms with Crippen LogP contribution < -0.4 is 0 Å². The van der Waals surface area contributed by atoms with Crippen molar-refractivity contribution >= 4 is 25.9 Å². The van der Waals surface area contributed by atoms with Crippen molar-refractivity contribution in [3.8, 4) is 0 Å². The van der Waals surface area contributed by atoms with Crippen LogP contribution >= 0.6 is 0 Å². The first-order valence-electron chi connectivity index (χ1n) is 5.13. The Kier molecular flexibility index (Phi) is 3.36. The van der Waals surface area contributed by atoms with Crippen LogP contribution in [0.2, 0.25) is 0 Å². The molecule has 10 heteroatoms. The van der Waals surface area contributed by atoms with Crippen LogP contribution in [0.1, 0.15) is 16.4 Å². The molecule has 0 fully saturated rings. The molecule has 106 valence electrons. The van der Waals surface area contributed by atoms with Gasteiger partial charge < -0.3 is 5.53 Å². The second-order valence-corrected chi connectivity index (χ2v) is 6.90. The monoisotopic (exact) mass is 316 g/mol. The normalized spacial score (nSPS) is 18.5. The second-order valence-electron chi connectivity index (χ2n) is 3.98. The van der Waals surface area contributed by atoms with Gasteiger partial charge in [-0.15, -0.1) is 0 Å². The zero-order chi connectivity index (χ0) is 15.1. The van der Waals surface area contributed by atoms with Crippen molar-refractivity contribution in [2.75, 3.05) is 0 Å². The van der Waals surface area contributed by atoms with Crippen LogP contribution in [0.25, 0.3) is 5.53 Å². The Morgan fingerprint density at radius 3 is 2.30 bits per heavy atom. The van der Waals surface area contributed by atoms with E-state index >= 15 is 0 Å². The lowest BCUT2D eigenvalue weighted by molar-refractivity contribution is -0.00258. The van der Waals surface area contributed by atoms with Gasteiger partial charge in [0.15, 0.2) is 0 Å². The molecule has 1 aromatic carbocycles. The summed E-state index contributed by atoms with van der Waals surface area (Å²) in [4.78, 5) is 2.25. The van der Waals surface area contributed by atoms with Crippen LogP contribution in [0.15, 0.2) is 35.2 Å². The third-order valence-electron chi connectivity index (χ3n) is 2.76. The molecule has 0 spiro atoms. The van der Waals surface area contributed by atoms with Crippen LogP contribution in [-0.4, -0.2) is 36.4 Å². The first-order valence-corrected chi connectivity index (χ1v) is 8.08. The van der Waals surface area contributed by atoms with E-state index in [9.17, 15) is 16.8 Å². The highest BCUT2D eigenvalue weighted by atomic mass is 32.2. The summed E-state index contributed by atoms with van der Waals surface area (Å²) >= 11 is 0. The minimum atomic E-state index is -4.66. The molecule has 1 atom stereocenters. The maximum atomic E-state index is 11.3. The predicted octanol–water partition coefficient (Wildman–Crippen LogP) is 0.451. The average molecular weight is 316 g/mol. The molecule has 0 aliphatic heterocycles. The molecule has 0 amide bonds. The fourth-order valence-corrected chi connectivity index (χ4v) is 3.51. The van der Waals surface area contributed by atoms with Gasteiger partial charge in [-0.3, -0.25) is 9.11 Å². The summed E-state index contributed by atoms with van der Waals surface area (Å²) in [5.41, 5.74) is 8.23. The lowest BCUT2D eigenvalue weighted by Crippen LogP contribution is -2.21. The van der Waals surface area contributed by atoms with Gasteiger partial charge in [0.1, 0.15) is 10.1 Å². The number of nitrogens with zero attached hydrogens (tertiary/aromatic N) is 2. The Hall–Kier alpha value is -1.84. The molecular weight excluding hydrogens is 308 g/mol. The van der Waals surface area contributed by atoms with Crippen molar-refractivity contribution < 1.29 is 30.7 Å². The number of allylic oxidation sites excluding steroid dienone is 1. The minimum absolute atomic E-state index is 0.113. The molecule has 0 radical (unpaired) electrons. The van der Waals surface area contributed by atoms with Crippen LogP contribution in [0, 0.1) is 0 Å². The Bertz CT molecular complexity index is 863. The van der Waals surface area contributed by atoms with Gasteiger partial charge in [0.25, 0.3) is 20.2 Å². The summed E-state index contributed by atoms with van der Waals surface area (Å²) in [6, 6.07) is 3.48.